The Bertz CT molecular complexity index is 233. The van der Waals surface area contributed by atoms with E-state index in [1.165, 1.54) is 0 Å². The van der Waals surface area contributed by atoms with E-state index in [0.29, 0.717) is 19.3 Å². The first-order chi connectivity index (χ1) is 6.45. The SMILES string of the molecule is CCC(C)(N)N=NC(C#N)(CC)CC. The summed E-state index contributed by atoms with van der Waals surface area (Å²) >= 11 is 0. The molecule has 0 aromatic rings. The van der Waals surface area contributed by atoms with E-state index in [1.807, 2.05) is 27.7 Å². The Morgan fingerprint density at radius 3 is 1.93 bits per heavy atom. The van der Waals surface area contributed by atoms with Crippen LogP contribution in [0.5, 0.6) is 0 Å². The summed E-state index contributed by atoms with van der Waals surface area (Å²) in [6, 6.07) is 2.20. The van der Waals surface area contributed by atoms with Gasteiger partial charge in [-0.05, 0) is 26.2 Å². The Hall–Kier alpha value is -0.950. The molecular formula is C10H20N4. The zero-order valence-electron chi connectivity index (χ0n) is 9.54. The summed E-state index contributed by atoms with van der Waals surface area (Å²) in [4.78, 5) is 0. The van der Waals surface area contributed by atoms with E-state index >= 15 is 0 Å². The fourth-order valence-corrected chi connectivity index (χ4v) is 0.853. The van der Waals surface area contributed by atoms with Gasteiger partial charge < -0.3 is 5.73 Å². The fourth-order valence-electron chi connectivity index (χ4n) is 0.853. The number of nitrogens with zero attached hydrogens (tertiary/aromatic N) is 3. The molecule has 0 heterocycles. The highest BCUT2D eigenvalue weighted by atomic mass is 15.2. The Balaban J connectivity index is 4.70. The number of nitrogens with two attached hydrogens (primary N) is 1. The van der Waals surface area contributed by atoms with Crippen LogP contribution in [0.4, 0.5) is 0 Å². The Labute approximate surface area is 86.2 Å². The van der Waals surface area contributed by atoms with Gasteiger partial charge in [0.1, 0.15) is 5.66 Å². The Kier molecular flexibility index (Phi) is 4.72. The van der Waals surface area contributed by atoms with Crippen LogP contribution in [0.1, 0.15) is 47.0 Å². The topological polar surface area (TPSA) is 74.5 Å². The molecule has 14 heavy (non-hydrogen) atoms. The highest BCUT2D eigenvalue weighted by Crippen LogP contribution is 2.21. The molecule has 0 rings (SSSR count). The van der Waals surface area contributed by atoms with E-state index in [-0.39, 0.29) is 0 Å². The minimum atomic E-state index is -0.685. The lowest BCUT2D eigenvalue weighted by Gasteiger charge is -2.20. The molecule has 2 N–H and O–H groups in total. The summed E-state index contributed by atoms with van der Waals surface area (Å²) in [7, 11) is 0. The molecular weight excluding hydrogens is 176 g/mol. The second-order valence-electron chi connectivity index (χ2n) is 3.76. The molecule has 0 aliphatic carbocycles. The molecule has 1 unspecified atom stereocenters. The molecule has 0 aromatic carbocycles. The average molecular weight is 196 g/mol. The van der Waals surface area contributed by atoms with Crippen LogP contribution in [0.25, 0.3) is 0 Å². The van der Waals surface area contributed by atoms with Crippen LogP contribution in [-0.4, -0.2) is 11.2 Å². The van der Waals surface area contributed by atoms with Gasteiger partial charge in [-0.15, -0.1) is 0 Å². The molecule has 0 saturated heterocycles. The minimum absolute atomic E-state index is 0.646. The van der Waals surface area contributed by atoms with Gasteiger partial charge >= 0.3 is 0 Å². The number of hydrogen-bond donors (Lipinski definition) is 1. The third-order valence-corrected chi connectivity index (χ3v) is 2.56. The van der Waals surface area contributed by atoms with E-state index in [4.69, 9.17) is 11.0 Å². The predicted octanol–water partition coefficient (Wildman–Crippen LogP) is 2.61. The second-order valence-corrected chi connectivity index (χ2v) is 3.76. The molecule has 0 aliphatic rings. The van der Waals surface area contributed by atoms with Gasteiger partial charge in [-0.25, -0.2) is 0 Å². The number of azo groups is 1. The Morgan fingerprint density at radius 2 is 1.64 bits per heavy atom. The van der Waals surface area contributed by atoms with Crippen LogP contribution >= 0.6 is 0 Å². The third-order valence-electron chi connectivity index (χ3n) is 2.56. The van der Waals surface area contributed by atoms with Gasteiger partial charge in [0, 0.05) is 0 Å². The lowest BCUT2D eigenvalue weighted by molar-refractivity contribution is 0.396. The van der Waals surface area contributed by atoms with Gasteiger partial charge in [0.05, 0.1) is 6.07 Å². The van der Waals surface area contributed by atoms with Crippen molar-refractivity contribution in [1.82, 2.24) is 0 Å². The lowest BCUT2D eigenvalue weighted by Crippen LogP contribution is -2.33. The summed E-state index contributed by atoms with van der Waals surface area (Å²) in [6.45, 7) is 7.63. The molecule has 1 atom stereocenters. The highest BCUT2D eigenvalue weighted by Gasteiger charge is 2.26. The summed E-state index contributed by atoms with van der Waals surface area (Å²) in [5.74, 6) is 0. The van der Waals surface area contributed by atoms with Crippen LogP contribution in [0.2, 0.25) is 0 Å². The number of rotatable bonds is 5. The Morgan fingerprint density at radius 1 is 1.14 bits per heavy atom. The molecule has 0 bridgehead atoms. The highest BCUT2D eigenvalue weighted by molar-refractivity contribution is 5.05. The van der Waals surface area contributed by atoms with Crippen LogP contribution < -0.4 is 5.73 Å². The molecule has 80 valence electrons. The molecule has 0 fully saturated rings. The van der Waals surface area contributed by atoms with E-state index in [1.54, 1.807) is 0 Å². The normalized spacial score (nSPS) is 16.6. The summed E-state index contributed by atoms with van der Waals surface area (Å²) in [6.07, 6.45) is 2.05. The smallest absolute Gasteiger partial charge is 0.167 e. The van der Waals surface area contributed by atoms with Crippen molar-refractivity contribution >= 4 is 0 Å². The number of nitriles is 1. The molecule has 0 amide bonds. The van der Waals surface area contributed by atoms with Gasteiger partial charge in [-0.1, -0.05) is 20.8 Å². The molecule has 0 aromatic heterocycles. The van der Waals surface area contributed by atoms with Crippen molar-refractivity contribution in [3.63, 3.8) is 0 Å². The van der Waals surface area contributed by atoms with Gasteiger partial charge in [-0.3, -0.25) is 0 Å². The lowest BCUT2D eigenvalue weighted by atomic mass is 9.96. The van der Waals surface area contributed by atoms with E-state index in [9.17, 15) is 0 Å². The van der Waals surface area contributed by atoms with Crippen molar-refractivity contribution in [2.75, 3.05) is 0 Å². The van der Waals surface area contributed by atoms with Crippen LogP contribution in [0.3, 0.4) is 0 Å². The van der Waals surface area contributed by atoms with Crippen molar-refractivity contribution in [2.24, 2.45) is 16.0 Å². The van der Waals surface area contributed by atoms with Gasteiger partial charge in [0.25, 0.3) is 0 Å². The monoisotopic (exact) mass is 196 g/mol. The maximum atomic E-state index is 9.00. The van der Waals surface area contributed by atoms with Crippen LogP contribution in [-0.2, 0) is 0 Å². The average Bonchev–Trinajstić information content (AvgIpc) is 2.21. The fraction of sp³-hybridized carbons (Fsp3) is 0.900. The van der Waals surface area contributed by atoms with Crippen LogP contribution in [0.15, 0.2) is 10.2 Å². The molecule has 4 heteroatoms. The van der Waals surface area contributed by atoms with Gasteiger partial charge in [-0.2, -0.15) is 15.5 Å². The molecule has 0 spiro atoms. The predicted molar refractivity (Wildman–Crippen MR) is 56.7 cm³/mol. The number of hydrogen-bond acceptors (Lipinski definition) is 4. The summed E-state index contributed by atoms with van der Waals surface area (Å²) in [5.41, 5.74) is 4.49. The van der Waals surface area contributed by atoms with Gasteiger partial charge in [0.2, 0.25) is 0 Å². The van der Waals surface area contributed by atoms with Crippen molar-refractivity contribution in [3.05, 3.63) is 0 Å². The quantitative estimate of drug-likeness (QED) is 0.686. The maximum absolute atomic E-state index is 9.00. The minimum Gasteiger partial charge on any atom is -0.306 e. The zero-order valence-corrected chi connectivity index (χ0v) is 9.54. The van der Waals surface area contributed by atoms with Crippen molar-refractivity contribution in [1.29, 1.82) is 5.26 Å². The second kappa shape index (κ2) is 5.06. The molecule has 0 aliphatic heterocycles. The first-order valence-electron chi connectivity index (χ1n) is 5.09. The van der Waals surface area contributed by atoms with E-state index < -0.39 is 11.2 Å². The largest absolute Gasteiger partial charge is 0.306 e. The summed E-state index contributed by atoms with van der Waals surface area (Å²) in [5, 5.41) is 17.1. The molecule has 0 radical (unpaired) electrons. The zero-order chi connectivity index (χ0) is 11.2. The van der Waals surface area contributed by atoms with Crippen molar-refractivity contribution in [2.45, 2.75) is 58.2 Å². The first-order valence-corrected chi connectivity index (χ1v) is 5.09. The standard InChI is InChI=1S/C10H20N4/c1-5-9(4,12)13-14-10(6-2,7-3)8-11/h5-7,12H2,1-4H3. The third kappa shape index (κ3) is 3.43. The van der Waals surface area contributed by atoms with E-state index in [2.05, 4.69) is 16.3 Å². The van der Waals surface area contributed by atoms with Gasteiger partial charge in [0.15, 0.2) is 5.54 Å². The summed E-state index contributed by atoms with van der Waals surface area (Å²) < 4.78 is 0. The van der Waals surface area contributed by atoms with Crippen molar-refractivity contribution in [3.8, 4) is 6.07 Å². The molecule has 4 nitrogen and oxygen atoms in total. The van der Waals surface area contributed by atoms with E-state index in [0.717, 1.165) is 0 Å². The first kappa shape index (κ1) is 13.1. The van der Waals surface area contributed by atoms with Crippen LogP contribution in [0, 0.1) is 11.3 Å². The van der Waals surface area contributed by atoms with Crippen molar-refractivity contribution < 1.29 is 0 Å². The maximum Gasteiger partial charge on any atom is 0.167 e. The molecule has 0 saturated carbocycles.